The van der Waals surface area contributed by atoms with Gasteiger partial charge in [-0.15, -0.1) is 22.7 Å². The molecule has 0 aliphatic carbocycles. The van der Waals surface area contributed by atoms with Gasteiger partial charge >= 0.3 is 0 Å². The molecule has 0 aromatic carbocycles. The van der Waals surface area contributed by atoms with Gasteiger partial charge in [-0.2, -0.15) is 0 Å². The number of furan rings is 1. The van der Waals surface area contributed by atoms with Gasteiger partial charge in [-0.3, -0.25) is 10.1 Å². The minimum absolute atomic E-state index is 0.146. The number of rotatable bonds is 3. The first kappa shape index (κ1) is 11.2. The smallest absolute Gasteiger partial charge is 0.267 e. The lowest BCUT2D eigenvalue weighted by molar-refractivity contribution is 0.103. The number of carbonyl (C=O) groups excluding carboxylic acids is 1. The van der Waals surface area contributed by atoms with E-state index in [-0.39, 0.29) is 5.91 Å². The van der Waals surface area contributed by atoms with Crippen molar-refractivity contribution in [3.8, 4) is 11.3 Å². The van der Waals surface area contributed by atoms with Crippen molar-refractivity contribution in [3.63, 3.8) is 0 Å². The van der Waals surface area contributed by atoms with E-state index in [0.29, 0.717) is 10.0 Å². The van der Waals surface area contributed by atoms with Crippen LogP contribution in [0.15, 0.2) is 45.8 Å². The van der Waals surface area contributed by atoms with E-state index in [1.807, 2.05) is 29.0 Å². The molecule has 0 saturated carbocycles. The molecule has 0 spiro atoms. The molecule has 3 rings (SSSR count). The van der Waals surface area contributed by atoms with Crippen molar-refractivity contribution < 1.29 is 9.21 Å². The summed E-state index contributed by atoms with van der Waals surface area (Å²) in [5.41, 5.74) is 0.911. The van der Waals surface area contributed by atoms with Crippen molar-refractivity contribution in [2.45, 2.75) is 0 Å². The summed E-state index contributed by atoms with van der Waals surface area (Å²) in [7, 11) is 0. The highest BCUT2D eigenvalue weighted by Gasteiger charge is 2.12. The quantitative estimate of drug-likeness (QED) is 0.793. The third-order valence-corrected chi connectivity index (χ3v) is 3.90. The van der Waals surface area contributed by atoms with Gasteiger partial charge in [0.1, 0.15) is 5.76 Å². The van der Waals surface area contributed by atoms with Crippen LogP contribution in [0, 0.1) is 0 Å². The number of amides is 1. The maximum absolute atomic E-state index is 11.9. The highest BCUT2D eigenvalue weighted by molar-refractivity contribution is 7.14. The van der Waals surface area contributed by atoms with Crippen LogP contribution in [0.5, 0.6) is 0 Å². The number of thiophene rings is 1. The monoisotopic (exact) mass is 276 g/mol. The van der Waals surface area contributed by atoms with Crippen molar-refractivity contribution in [1.29, 1.82) is 0 Å². The maximum Gasteiger partial charge on any atom is 0.267 e. The van der Waals surface area contributed by atoms with Gasteiger partial charge in [0.2, 0.25) is 0 Å². The second kappa shape index (κ2) is 4.75. The van der Waals surface area contributed by atoms with E-state index in [2.05, 4.69) is 10.3 Å². The van der Waals surface area contributed by atoms with E-state index >= 15 is 0 Å². The van der Waals surface area contributed by atoms with Gasteiger partial charge in [-0.25, -0.2) is 4.98 Å². The minimum Gasteiger partial charge on any atom is -0.464 e. The van der Waals surface area contributed by atoms with Crippen molar-refractivity contribution in [3.05, 3.63) is 46.3 Å². The summed E-state index contributed by atoms with van der Waals surface area (Å²) in [6, 6.07) is 5.50. The number of hydrogen-bond acceptors (Lipinski definition) is 5. The Morgan fingerprint density at radius 1 is 1.39 bits per heavy atom. The Kier molecular flexibility index (Phi) is 2.95. The first-order valence-corrected chi connectivity index (χ1v) is 6.92. The average Bonchev–Trinajstić information content (AvgIpc) is 3.11. The van der Waals surface area contributed by atoms with Crippen LogP contribution in [0.2, 0.25) is 0 Å². The highest BCUT2D eigenvalue weighted by Crippen LogP contribution is 2.26. The van der Waals surface area contributed by atoms with E-state index < -0.39 is 0 Å². The zero-order valence-corrected chi connectivity index (χ0v) is 10.8. The van der Waals surface area contributed by atoms with Gasteiger partial charge in [-0.05, 0) is 18.2 Å². The fourth-order valence-electron chi connectivity index (χ4n) is 1.47. The summed E-state index contributed by atoms with van der Waals surface area (Å²) in [6.45, 7) is 0. The second-order valence-electron chi connectivity index (χ2n) is 3.47. The molecule has 0 unspecified atom stereocenters. The summed E-state index contributed by atoms with van der Waals surface area (Å²) >= 11 is 2.78. The van der Waals surface area contributed by atoms with Gasteiger partial charge in [0.15, 0.2) is 5.13 Å². The normalized spacial score (nSPS) is 10.4. The zero-order chi connectivity index (χ0) is 12.4. The number of aromatic nitrogens is 1. The van der Waals surface area contributed by atoms with Crippen molar-refractivity contribution in [2.75, 3.05) is 5.32 Å². The molecule has 4 nitrogen and oxygen atoms in total. The number of thiazole rings is 1. The summed E-state index contributed by atoms with van der Waals surface area (Å²) in [6.07, 6.45) is 3.27. The molecule has 0 aliphatic rings. The number of nitrogens with zero attached hydrogens (tertiary/aromatic N) is 1. The maximum atomic E-state index is 11.9. The summed E-state index contributed by atoms with van der Waals surface area (Å²) in [5.74, 6) is 0.618. The predicted octanol–water partition coefficient (Wildman–Crippen LogP) is 3.72. The number of nitrogens with one attached hydrogen (secondary N) is 1. The van der Waals surface area contributed by atoms with Crippen LogP contribution in [-0.4, -0.2) is 10.9 Å². The number of carbonyl (C=O) groups is 1. The zero-order valence-electron chi connectivity index (χ0n) is 9.12. The van der Waals surface area contributed by atoms with Crippen molar-refractivity contribution in [2.24, 2.45) is 0 Å². The predicted molar refractivity (Wildman–Crippen MR) is 72.1 cm³/mol. The molecule has 1 amide bonds. The van der Waals surface area contributed by atoms with Crippen LogP contribution in [-0.2, 0) is 0 Å². The van der Waals surface area contributed by atoms with E-state index in [1.54, 1.807) is 12.5 Å². The molecular weight excluding hydrogens is 268 g/mol. The van der Waals surface area contributed by atoms with Gasteiger partial charge in [-0.1, -0.05) is 0 Å². The minimum atomic E-state index is -0.146. The Balaban J connectivity index is 1.79. The molecule has 6 heteroatoms. The lowest BCUT2D eigenvalue weighted by Crippen LogP contribution is -2.09. The summed E-state index contributed by atoms with van der Waals surface area (Å²) in [5, 5.41) is 7.07. The Morgan fingerprint density at radius 2 is 2.33 bits per heavy atom. The summed E-state index contributed by atoms with van der Waals surface area (Å²) in [4.78, 5) is 16.6. The highest BCUT2D eigenvalue weighted by atomic mass is 32.1. The number of hydrogen-bond donors (Lipinski definition) is 1. The van der Waals surface area contributed by atoms with Gasteiger partial charge < -0.3 is 4.42 Å². The van der Waals surface area contributed by atoms with E-state index in [1.165, 1.54) is 22.7 Å². The molecule has 0 radical (unpaired) electrons. The Hall–Kier alpha value is -1.92. The van der Waals surface area contributed by atoms with Gasteiger partial charge in [0, 0.05) is 22.5 Å². The molecule has 1 N–H and O–H groups in total. The molecule has 3 aromatic heterocycles. The SMILES string of the molecule is O=C(Nc1nccs1)c1cc(-c2ccco2)cs1. The standard InChI is InChI=1S/C12H8N2O2S2/c15-11(14-12-13-3-5-17-12)10-6-8(7-18-10)9-2-1-4-16-9/h1-7H,(H,13,14,15). The molecule has 3 heterocycles. The second-order valence-corrected chi connectivity index (χ2v) is 5.27. The molecule has 0 fully saturated rings. The van der Waals surface area contributed by atoms with Crippen LogP contribution in [0.3, 0.4) is 0 Å². The third-order valence-electron chi connectivity index (χ3n) is 2.28. The van der Waals surface area contributed by atoms with Crippen LogP contribution >= 0.6 is 22.7 Å². The fourth-order valence-corrected chi connectivity index (χ4v) is 2.79. The molecule has 90 valence electrons. The molecule has 0 bridgehead atoms. The molecule has 0 atom stereocenters. The molecule has 0 aliphatic heterocycles. The lowest BCUT2D eigenvalue weighted by atomic mass is 10.2. The van der Waals surface area contributed by atoms with Crippen LogP contribution in [0.25, 0.3) is 11.3 Å². The molecule has 3 aromatic rings. The van der Waals surface area contributed by atoms with Crippen LogP contribution in [0.4, 0.5) is 5.13 Å². The molecule has 0 saturated heterocycles. The fraction of sp³-hybridized carbons (Fsp3) is 0. The first-order chi connectivity index (χ1) is 8.83. The van der Waals surface area contributed by atoms with Crippen molar-refractivity contribution >= 4 is 33.7 Å². The van der Waals surface area contributed by atoms with Crippen LogP contribution in [0.1, 0.15) is 9.67 Å². The summed E-state index contributed by atoms with van der Waals surface area (Å²) < 4.78 is 5.28. The van der Waals surface area contributed by atoms with Gasteiger partial charge in [0.25, 0.3) is 5.91 Å². The Morgan fingerprint density at radius 3 is 3.06 bits per heavy atom. The van der Waals surface area contributed by atoms with Gasteiger partial charge in [0.05, 0.1) is 11.1 Å². The van der Waals surface area contributed by atoms with E-state index in [4.69, 9.17) is 4.42 Å². The Labute approximate surface area is 111 Å². The first-order valence-electron chi connectivity index (χ1n) is 5.16. The Bertz CT molecular complexity index is 641. The largest absolute Gasteiger partial charge is 0.464 e. The topological polar surface area (TPSA) is 55.1 Å². The molecule has 18 heavy (non-hydrogen) atoms. The number of anilines is 1. The molecular formula is C12H8N2O2S2. The van der Waals surface area contributed by atoms with E-state index in [9.17, 15) is 4.79 Å². The van der Waals surface area contributed by atoms with E-state index in [0.717, 1.165) is 11.3 Å². The lowest BCUT2D eigenvalue weighted by Gasteiger charge is -1.97. The van der Waals surface area contributed by atoms with Crippen molar-refractivity contribution in [1.82, 2.24) is 4.98 Å². The third kappa shape index (κ3) is 2.20. The van der Waals surface area contributed by atoms with Crippen LogP contribution < -0.4 is 5.32 Å². The average molecular weight is 276 g/mol.